The molecule has 330 valence electrons. The van der Waals surface area contributed by atoms with Crippen molar-refractivity contribution in [2.45, 2.75) is 31.8 Å². The molecule has 4 amide bonds. The van der Waals surface area contributed by atoms with E-state index in [2.05, 4.69) is 10.6 Å². The SMILES string of the molecule is CC=S1N(CC(=O)N[C@@H](Cc2cc(F)cc(F)c2)C(=O)N(C)c2ccc(OC)cc2)c2ccccc2N1CC(=O)N[C@@H](Cc1cc(F)cc(F)c1)C(=O)N(C)c1ccc(OC)cc1. The quantitative estimate of drug-likeness (QED) is 0.0842. The summed E-state index contributed by atoms with van der Waals surface area (Å²) >= 11 is 0. The molecule has 0 unspecified atom stereocenters. The van der Waals surface area contributed by atoms with Gasteiger partial charge in [-0.3, -0.25) is 27.8 Å². The number of rotatable bonds is 16. The molecule has 0 saturated carbocycles. The van der Waals surface area contributed by atoms with Crippen LogP contribution in [0.4, 0.5) is 40.3 Å². The van der Waals surface area contributed by atoms with Crippen LogP contribution in [0.1, 0.15) is 18.1 Å². The summed E-state index contributed by atoms with van der Waals surface area (Å²) < 4.78 is 71.1. The Labute approximate surface area is 365 Å². The van der Waals surface area contributed by atoms with Crippen molar-refractivity contribution in [3.63, 3.8) is 0 Å². The Kier molecular flexibility index (Phi) is 14.7. The number of hydrogen-bond donors (Lipinski definition) is 2. The Balaban J connectivity index is 1.22. The first-order chi connectivity index (χ1) is 30.2. The van der Waals surface area contributed by atoms with Crippen LogP contribution < -0.4 is 38.5 Å². The largest absolute Gasteiger partial charge is 0.497 e. The van der Waals surface area contributed by atoms with Crippen molar-refractivity contribution in [3.05, 3.63) is 144 Å². The maximum Gasteiger partial charge on any atom is 0.249 e. The topological polar surface area (TPSA) is 124 Å². The highest BCUT2D eigenvalue weighted by molar-refractivity contribution is 8.17. The summed E-state index contributed by atoms with van der Waals surface area (Å²) in [6.07, 6.45) is -0.464. The van der Waals surface area contributed by atoms with Gasteiger partial charge in [0.05, 0.1) is 25.6 Å². The van der Waals surface area contributed by atoms with Gasteiger partial charge in [0.1, 0.15) is 59.9 Å². The van der Waals surface area contributed by atoms with E-state index in [1.54, 1.807) is 93.7 Å². The fourth-order valence-electron chi connectivity index (χ4n) is 7.17. The number of hydrogen-bond acceptors (Lipinski definition) is 8. The van der Waals surface area contributed by atoms with Gasteiger partial charge in [0.2, 0.25) is 23.6 Å². The number of benzene rings is 5. The molecule has 17 heteroatoms. The van der Waals surface area contributed by atoms with Gasteiger partial charge in [-0.15, -0.1) is 0 Å². The number of carbonyl (C=O) groups excluding carboxylic acids is 4. The summed E-state index contributed by atoms with van der Waals surface area (Å²) in [5.41, 5.74) is 2.44. The monoisotopic (exact) mass is 886 g/mol. The fraction of sp³-hybridized carbons (Fsp3) is 0.239. The number of nitrogens with zero attached hydrogens (tertiary/aromatic N) is 4. The second-order valence-electron chi connectivity index (χ2n) is 14.5. The first kappa shape index (κ1) is 45.6. The van der Waals surface area contributed by atoms with E-state index < -0.39 is 69.8 Å². The van der Waals surface area contributed by atoms with Crippen LogP contribution in [0.5, 0.6) is 11.5 Å². The summed E-state index contributed by atoms with van der Waals surface area (Å²) in [6.45, 7) is 1.16. The van der Waals surface area contributed by atoms with Gasteiger partial charge in [-0.25, -0.2) is 17.6 Å². The first-order valence-corrected chi connectivity index (χ1v) is 20.9. The molecule has 0 spiro atoms. The molecule has 2 atom stereocenters. The maximum absolute atomic E-state index is 14.3. The number of fused-ring (bicyclic) bond motifs is 1. The Morgan fingerprint density at radius 3 is 1.27 bits per heavy atom. The lowest BCUT2D eigenvalue weighted by atomic mass is 10.0. The summed E-state index contributed by atoms with van der Waals surface area (Å²) in [7, 11) is 4.99. The average molecular weight is 887 g/mol. The van der Waals surface area contributed by atoms with Crippen molar-refractivity contribution >= 4 is 62.6 Å². The summed E-state index contributed by atoms with van der Waals surface area (Å²) in [5.74, 6) is -4.53. The van der Waals surface area contributed by atoms with Crippen molar-refractivity contribution in [3.8, 4) is 11.5 Å². The number of likely N-dealkylation sites (N-methyl/N-ethyl adjacent to an activating group) is 2. The van der Waals surface area contributed by atoms with Crippen LogP contribution in [0.3, 0.4) is 0 Å². The molecule has 63 heavy (non-hydrogen) atoms. The molecular formula is C46H46F4N6O6S. The Morgan fingerprint density at radius 2 is 0.952 bits per heavy atom. The standard InChI is InChI=1S/C46H46F4N6O6S/c1-6-63-55(27-43(57)51-39(23-29-19-31(47)25-32(48)20-29)45(59)53(2)35-11-15-37(61-4)16-12-35)41-9-7-8-10-42(41)56(63)28-44(58)52-40(24-30-21-33(49)26-34(50)22-30)46(60)54(3)36-13-17-38(62-5)18-14-36/h6-22,25-26,39-40H,23-24,27-28H2,1-5H3,(H,51,57)(H,52,58)/t39-,40-/m0/s1. The molecular weight excluding hydrogens is 841 g/mol. The molecule has 0 fully saturated rings. The van der Waals surface area contributed by atoms with Crippen molar-refractivity contribution in [2.75, 3.05) is 59.8 Å². The van der Waals surface area contributed by atoms with Gasteiger partial charge < -0.3 is 29.9 Å². The number of ether oxygens (including phenoxy) is 2. The van der Waals surface area contributed by atoms with E-state index in [4.69, 9.17) is 9.47 Å². The van der Waals surface area contributed by atoms with Crippen LogP contribution >= 0.6 is 10.9 Å². The Morgan fingerprint density at radius 1 is 0.603 bits per heavy atom. The van der Waals surface area contributed by atoms with Gasteiger partial charge in [-0.05, 0) is 108 Å². The molecule has 0 aliphatic carbocycles. The zero-order chi connectivity index (χ0) is 45.4. The van der Waals surface area contributed by atoms with Crippen LogP contribution in [0.15, 0.2) is 109 Å². The summed E-state index contributed by atoms with van der Waals surface area (Å²) in [4.78, 5) is 58.8. The molecule has 5 aromatic rings. The summed E-state index contributed by atoms with van der Waals surface area (Å²) in [5, 5.41) is 7.37. The van der Waals surface area contributed by atoms with Gasteiger partial charge in [-0.2, -0.15) is 0 Å². The molecule has 0 aromatic heterocycles. The molecule has 1 aliphatic heterocycles. The van der Waals surface area contributed by atoms with Gasteiger partial charge in [0.25, 0.3) is 0 Å². The highest BCUT2D eigenvalue weighted by Crippen LogP contribution is 2.48. The molecule has 2 N–H and O–H groups in total. The third kappa shape index (κ3) is 11.1. The van der Waals surface area contributed by atoms with Crippen LogP contribution in [0, 0.1) is 23.3 Å². The lowest BCUT2D eigenvalue weighted by Crippen LogP contribution is -2.51. The third-order valence-electron chi connectivity index (χ3n) is 10.2. The van der Waals surface area contributed by atoms with E-state index in [0.717, 1.165) is 24.3 Å². The maximum atomic E-state index is 14.3. The number of nitrogens with one attached hydrogen (secondary N) is 2. The minimum Gasteiger partial charge on any atom is -0.497 e. The fourth-order valence-corrected chi connectivity index (χ4v) is 9.12. The molecule has 0 radical (unpaired) electrons. The van der Waals surface area contributed by atoms with E-state index >= 15 is 0 Å². The molecule has 12 nitrogen and oxygen atoms in total. The van der Waals surface area contributed by atoms with Crippen molar-refractivity contribution in [1.29, 1.82) is 0 Å². The van der Waals surface area contributed by atoms with Gasteiger partial charge in [0, 0.05) is 61.3 Å². The van der Waals surface area contributed by atoms with E-state index in [1.165, 1.54) is 38.1 Å². The van der Waals surface area contributed by atoms with E-state index in [9.17, 15) is 36.7 Å². The smallest absolute Gasteiger partial charge is 0.249 e. The zero-order valence-corrected chi connectivity index (χ0v) is 35.9. The lowest BCUT2D eigenvalue weighted by molar-refractivity contribution is -0.126. The highest BCUT2D eigenvalue weighted by atomic mass is 32.2. The van der Waals surface area contributed by atoms with Crippen LogP contribution in [0.2, 0.25) is 0 Å². The van der Waals surface area contributed by atoms with Crippen molar-refractivity contribution in [1.82, 2.24) is 10.6 Å². The van der Waals surface area contributed by atoms with Crippen LogP contribution in [0.25, 0.3) is 0 Å². The van der Waals surface area contributed by atoms with Crippen molar-refractivity contribution in [2.24, 2.45) is 0 Å². The highest BCUT2D eigenvalue weighted by Gasteiger charge is 2.35. The first-order valence-electron chi connectivity index (χ1n) is 19.7. The zero-order valence-electron chi connectivity index (χ0n) is 35.1. The average Bonchev–Trinajstić information content (AvgIpc) is 3.55. The van der Waals surface area contributed by atoms with Crippen LogP contribution in [-0.4, -0.2) is 82.5 Å². The molecule has 0 saturated heterocycles. The van der Waals surface area contributed by atoms with Gasteiger partial charge in [-0.1, -0.05) is 12.1 Å². The van der Waals surface area contributed by atoms with E-state index in [1.807, 2.05) is 0 Å². The third-order valence-corrected chi connectivity index (χ3v) is 12.2. The number of halogens is 4. The van der Waals surface area contributed by atoms with Crippen LogP contribution in [-0.2, 0) is 32.0 Å². The number of amides is 4. The second-order valence-corrected chi connectivity index (χ2v) is 16.4. The minimum atomic E-state index is -1.25. The lowest BCUT2D eigenvalue weighted by Gasteiger charge is -2.29. The van der Waals surface area contributed by atoms with E-state index in [0.29, 0.717) is 46.4 Å². The molecule has 0 bridgehead atoms. The minimum absolute atomic E-state index is 0.147. The Bertz CT molecular complexity index is 2300. The molecule has 1 aliphatic rings. The van der Waals surface area contributed by atoms with Gasteiger partial charge >= 0.3 is 0 Å². The molecule has 6 rings (SSSR count). The normalized spacial score (nSPS) is 13.1. The summed E-state index contributed by atoms with van der Waals surface area (Å²) in [6, 6.07) is 23.7. The number of para-hydroxylation sites is 2. The Hall–Kier alpha value is -6.88. The molecule has 1 heterocycles. The van der Waals surface area contributed by atoms with Gasteiger partial charge in [0.15, 0.2) is 0 Å². The number of methoxy groups -OCH3 is 2. The van der Waals surface area contributed by atoms with Crippen molar-refractivity contribution < 1.29 is 46.2 Å². The predicted molar refractivity (Wildman–Crippen MR) is 237 cm³/mol. The van der Waals surface area contributed by atoms with E-state index in [-0.39, 0.29) is 37.1 Å². The predicted octanol–water partition coefficient (Wildman–Crippen LogP) is 6.59. The number of anilines is 4. The number of carbonyl (C=O) groups is 4. The molecule has 5 aromatic carbocycles. The second kappa shape index (κ2) is 20.3.